The van der Waals surface area contributed by atoms with E-state index in [2.05, 4.69) is 85.5 Å². The molecule has 0 unspecified atom stereocenters. The van der Waals surface area contributed by atoms with Gasteiger partial charge < -0.3 is 9.84 Å². The van der Waals surface area contributed by atoms with E-state index in [1.54, 1.807) is 0 Å². The Morgan fingerprint density at radius 3 is 2.20 bits per heavy atom. The molecule has 156 valence electrons. The maximum atomic E-state index is 12.6. The van der Waals surface area contributed by atoms with Crippen molar-refractivity contribution in [2.45, 2.75) is 25.4 Å². The van der Waals surface area contributed by atoms with Crippen molar-refractivity contribution in [3.05, 3.63) is 107 Å². The van der Waals surface area contributed by atoms with Crippen molar-refractivity contribution < 1.29 is 9.84 Å². The maximum Gasteiger partial charge on any atom is 0.123 e. The number of hydrogen-bond donors (Lipinski definition) is 1. The Balaban J connectivity index is 1.86. The lowest BCUT2D eigenvalue weighted by molar-refractivity contribution is 0.000744. The largest absolute Gasteiger partial charge is 0.380 e. The molecule has 2 atom stereocenters. The zero-order valence-corrected chi connectivity index (χ0v) is 17.9. The minimum Gasteiger partial charge on any atom is -0.380 e. The van der Waals surface area contributed by atoms with Crippen LogP contribution in [-0.2, 0) is 10.3 Å². The summed E-state index contributed by atoms with van der Waals surface area (Å²) in [5.41, 5.74) is 4.22. The van der Waals surface area contributed by atoms with Crippen LogP contribution in [0.4, 0.5) is 0 Å². The number of ether oxygens (including phenoxy) is 1. The van der Waals surface area contributed by atoms with E-state index in [4.69, 9.17) is 4.74 Å². The number of morpholine rings is 1. The van der Waals surface area contributed by atoms with E-state index < -0.39 is 5.60 Å². The van der Waals surface area contributed by atoms with Crippen LogP contribution in [0, 0.1) is 13.8 Å². The molecule has 0 radical (unpaired) electrons. The molecule has 4 rings (SSSR count). The first-order chi connectivity index (χ1) is 14.6. The molecule has 0 aliphatic carbocycles. The fourth-order valence-corrected chi connectivity index (χ4v) is 4.46. The van der Waals surface area contributed by atoms with Gasteiger partial charge in [-0.25, -0.2) is 0 Å². The van der Waals surface area contributed by atoms with Crippen LogP contribution in [0.3, 0.4) is 0 Å². The van der Waals surface area contributed by atoms with Gasteiger partial charge >= 0.3 is 0 Å². The van der Waals surface area contributed by atoms with Crippen molar-refractivity contribution in [3.8, 4) is 0 Å². The lowest BCUT2D eigenvalue weighted by atomic mass is 9.72. The molecule has 0 saturated carbocycles. The van der Waals surface area contributed by atoms with Crippen molar-refractivity contribution in [2.24, 2.45) is 0 Å². The van der Waals surface area contributed by atoms with Gasteiger partial charge in [-0.1, -0.05) is 90.0 Å². The van der Waals surface area contributed by atoms with Crippen LogP contribution in [0.1, 0.15) is 33.7 Å². The second-order valence-corrected chi connectivity index (χ2v) is 8.38. The predicted molar refractivity (Wildman–Crippen MR) is 122 cm³/mol. The smallest absolute Gasteiger partial charge is 0.123 e. The minimum absolute atomic E-state index is 0.110. The summed E-state index contributed by atoms with van der Waals surface area (Å²) in [6.07, 6.45) is 0. The molecular formula is C27H31NO2. The number of rotatable bonds is 6. The van der Waals surface area contributed by atoms with Crippen molar-refractivity contribution in [1.29, 1.82) is 0 Å². The Kier molecular flexibility index (Phi) is 6.33. The van der Waals surface area contributed by atoms with Gasteiger partial charge in [0.2, 0.25) is 0 Å². The molecule has 0 spiro atoms. The average molecular weight is 402 g/mol. The first kappa shape index (κ1) is 20.8. The van der Waals surface area contributed by atoms with Gasteiger partial charge in [-0.3, -0.25) is 4.90 Å². The monoisotopic (exact) mass is 401 g/mol. The molecule has 0 aromatic heterocycles. The molecule has 1 fully saturated rings. The molecular weight excluding hydrogens is 370 g/mol. The highest BCUT2D eigenvalue weighted by Gasteiger charge is 2.42. The Hall–Kier alpha value is -2.46. The molecule has 3 aromatic carbocycles. The van der Waals surface area contributed by atoms with Crippen molar-refractivity contribution in [3.63, 3.8) is 0 Å². The number of aliphatic hydroxyl groups is 1. The number of aryl methyl sites for hydroxylation is 2. The Labute approximate surface area is 179 Å². The van der Waals surface area contributed by atoms with Gasteiger partial charge in [0.15, 0.2) is 0 Å². The Morgan fingerprint density at radius 2 is 1.53 bits per heavy atom. The SMILES string of the molecule is Cc1ccc([C@@](O)(c2cccc(C)c2)[C@H](CN2CCOCC2)c2ccccc2)cc1. The molecule has 0 amide bonds. The molecule has 1 saturated heterocycles. The third-order valence-electron chi connectivity index (χ3n) is 6.20. The van der Waals surface area contributed by atoms with Gasteiger partial charge in [0.25, 0.3) is 0 Å². The molecule has 1 heterocycles. The van der Waals surface area contributed by atoms with Gasteiger partial charge in [-0.2, -0.15) is 0 Å². The van der Waals surface area contributed by atoms with Crippen molar-refractivity contribution >= 4 is 0 Å². The molecule has 3 heteroatoms. The normalized spacial score (nSPS) is 18.0. The van der Waals surface area contributed by atoms with Gasteiger partial charge in [-0.15, -0.1) is 0 Å². The summed E-state index contributed by atoms with van der Waals surface area (Å²) in [6.45, 7) is 8.20. The summed E-state index contributed by atoms with van der Waals surface area (Å²) in [4.78, 5) is 2.41. The zero-order chi connectivity index (χ0) is 21.0. The third-order valence-corrected chi connectivity index (χ3v) is 6.20. The lowest BCUT2D eigenvalue weighted by Gasteiger charge is -2.41. The molecule has 1 aliphatic heterocycles. The van der Waals surface area contributed by atoms with E-state index in [9.17, 15) is 5.11 Å². The quantitative estimate of drug-likeness (QED) is 0.652. The number of hydrogen-bond acceptors (Lipinski definition) is 3. The highest BCUT2D eigenvalue weighted by molar-refractivity contribution is 5.44. The molecule has 3 aromatic rings. The molecule has 30 heavy (non-hydrogen) atoms. The molecule has 0 bridgehead atoms. The third kappa shape index (κ3) is 4.34. The second kappa shape index (κ2) is 9.13. The molecule has 1 N–H and O–H groups in total. The number of nitrogens with zero attached hydrogens (tertiary/aromatic N) is 1. The maximum absolute atomic E-state index is 12.6. The van der Waals surface area contributed by atoms with E-state index in [1.165, 1.54) is 5.56 Å². The highest BCUT2D eigenvalue weighted by Crippen LogP contribution is 2.43. The summed E-state index contributed by atoms with van der Waals surface area (Å²) >= 11 is 0. The summed E-state index contributed by atoms with van der Waals surface area (Å²) < 4.78 is 5.57. The van der Waals surface area contributed by atoms with Gasteiger partial charge in [0.1, 0.15) is 5.60 Å². The molecule has 1 aliphatic rings. The first-order valence-electron chi connectivity index (χ1n) is 10.8. The van der Waals surface area contributed by atoms with Crippen molar-refractivity contribution in [1.82, 2.24) is 4.90 Å². The summed E-state index contributed by atoms with van der Waals surface area (Å²) in [6, 6.07) is 27.1. The van der Waals surface area contributed by atoms with E-state index in [-0.39, 0.29) is 5.92 Å². The van der Waals surface area contributed by atoms with Gasteiger partial charge in [0, 0.05) is 25.6 Å². The van der Waals surface area contributed by atoms with Crippen LogP contribution in [-0.4, -0.2) is 42.9 Å². The van der Waals surface area contributed by atoms with E-state index in [0.717, 1.165) is 55.1 Å². The van der Waals surface area contributed by atoms with Crippen LogP contribution in [0.5, 0.6) is 0 Å². The fraction of sp³-hybridized carbons (Fsp3) is 0.333. The van der Waals surface area contributed by atoms with Gasteiger partial charge in [-0.05, 0) is 30.5 Å². The minimum atomic E-state index is -1.14. The Morgan fingerprint density at radius 1 is 0.833 bits per heavy atom. The standard InChI is InChI=1S/C27H31NO2/c1-21-11-13-24(14-12-21)27(29,25-10-6-7-22(2)19-25)26(23-8-4-3-5-9-23)20-28-15-17-30-18-16-28/h3-14,19,26,29H,15-18,20H2,1-2H3/t26-,27-/m1/s1. The Bertz CT molecular complexity index is 948. The second-order valence-electron chi connectivity index (χ2n) is 8.38. The lowest BCUT2D eigenvalue weighted by Crippen LogP contribution is -2.45. The average Bonchev–Trinajstić information content (AvgIpc) is 2.79. The van der Waals surface area contributed by atoms with Crippen LogP contribution in [0.2, 0.25) is 0 Å². The first-order valence-corrected chi connectivity index (χ1v) is 10.8. The molecule has 3 nitrogen and oxygen atoms in total. The summed E-state index contributed by atoms with van der Waals surface area (Å²) in [5, 5.41) is 12.6. The summed E-state index contributed by atoms with van der Waals surface area (Å²) in [5.74, 6) is -0.110. The van der Waals surface area contributed by atoms with Crippen LogP contribution in [0.15, 0.2) is 78.9 Å². The zero-order valence-electron chi connectivity index (χ0n) is 17.9. The van der Waals surface area contributed by atoms with Crippen LogP contribution >= 0.6 is 0 Å². The predicted octanol–water partition coefficient (Wildman–Crippen LogP) is 4.66. The fourth-order valence-electron chi connectivity index (χ4n) is 4.46. The number of benzene rings is 3. The van der Waals surface area contributed by atoms with Crippen LogP contribution < -0.4 is 0 Å². The summed E-state index contributed by atoms with van der Waals surface area (Å²) in [7, 11) is 0. The topological polar surface area (TPSA) is 32.7 Å². The van der Waals surface area contributed by atoms with E-state index in [1.807, 2.05) is 12.1 Å². The van der Waals surface area contributed by atoms with Crippen LogP contribution in [0.25, 0.3) is 0 Å². The highest BCUT2D eigenvalue weighted by atomic mass is 16.5. The van der Waals surface area contributed by atoms with E-state index in [0.29, 0.717) is 0 Å². The van der Waals surface area contributed by atoms with E-state index >= 15 is 0 Å². The van der Waals surface area contributed by atoms with Gasteiger partial charge in [0.05, 0.1) is 13.2 Å². The van der Waals surface area contributed by atoms with Crippen molar-refractivity contribution in [2.75, 3.05) is 32.8 Å².